The van der Waals surface area contributed by atoms with Crippen molar-refractivity contribution in [1.82, 2.24) is 0 Å². The molecule has 2 aromatic rings. The minimum atomic E-state index is -4.32. The lowest BCUT2D eigenvalue weighted by Crippen LogP contribution is -3.20. The third kappa shape index (κ3) is 3.37. The van der Waals surface area contributed by atoms with Crippen LogP contribution in [-0.2, 0) is 6.18 Å². The first-order valence-corrected chi connectivity index (χ1v) is 8.75. The van der Waals surface area contributed by atoms with E-state index in [-0.39, 0.29) is 12.8 Å². The Labute approximate surface area is 149 Å². The van der Waals surface area contributed by atoms with Crippen LogP contribution in [0.2, 0.25) is 0 Å². The van der Waals surface area contributed by atoms with Gasteiger partial charge in [0.15, 0.2) is 11.5 Å². The molecule has 2 heterocycles. The van der Waals surface area contributed by atoms with Gasteiger partial charge in [-0.1, -0.05) is 12.1 Å². The number of quaternary nitrogens is 2. The van der Waals surface area contributed by atoms with Crippen LogP contribution >= 0.6 is 0 Å². The Morgan fingerprint density at radius 1 is 0.885 bits per heavy atom. The zero-order chi connectivity index (χ0) is 18.1. The molecule has 3 N–H and O–H groups in total. The summed E-state index contributed by atoms with van der Waals surface area (Å²) in [5.74, 6) is 1.41. The van der Waals surface area contributed by atoms with Crippen LogP contribution in [0, 0.1) is 0 Å². The summed E-state index contributed by atoms with van der Waals surface area (Å²) in [5, 5.41) is 2.27. The van der Waals surface area contributed by atoms with Crippen molar-refractivity contribution in [3.63, 3.8) is 0 Å². The van der Waals surface area contributed by atoms with Gasteiger partial charge in [0.05, 0.1) is 5.56 Å². The Morgan fingerprint density at radius 2 is 1.54 bits per heavy atom. The van der Waals surface area contributed by atoms with Gasteiger partial charge < -0.3 is 19.7 Å². The molecule has 0 aliphatic carbocycles. The van der Waals surface area contributed by atoms with E-state index in [9.17, 15) is 13.2 Å². The normalized spacial score (nSPS) is 18.7. The fraction of sp³-hybridized carbons (Fsp3) is 0.368. The minimum Gasteiger partial charge on any atom is -0.454 e. The van der Waals surface area contributed by atoms with Gasteiger partial charge in [-0.3, -0.25) is 0 Å². The second-order valence-electron chi connectivity index (χ2n) is 6.69. The van der Waals surface area contributed by atoms with E-state index in [1.165, 1.54) is 17.0 Å². The molecule has 1 fully saturated rings. The molecule has 26 heavy (non-hydrogen) atoms. The molecular formula is C19H21F3N2O2+2. The summed E-state index contributed by atoms with van der Waals surface area (Å²) < 4.78 is 49.6. The summed E-state index contributed by atoms with van der Waals surface area (Å²) in [6.45, 7) is 4.14. The smallest absolute Gasteiger partial charge is 0.416 e. The highest BCUT2D eigenvalue weighted by atomic mass is 19.4. The van der Waals surface area contributed by atoms with E-state index in [2.05, 4.69) is 5.32 Å². The first-order chi connectivity index (χ1) is 12.5. The summed E-state index contributed by atoms with van der Waals surface area (Å²) in [7, 11) is 0. The Bertz CT molecular complexity index is 771. The van der Waals surface area contributed by atoms with E-state index in [1.54, 1.807) is 12.1 Å². The number of benzene rings is 2. The SMILES string of the molecule is FC(F)(F)c1ccc([C@H](c2ccc3c(c2)OCO3)[NH+]2CC[NH2+]CC2)cc1. The summed E-state index contributed by atoms with van der Waals surface area (Å²) in [4.78, 5) is 1.35. The summed E-state index contributed by atoms with van der Waals surface area (Å²) in [5.41, 5.74) is 1.30. The molecule has 0 saturated carbocycles. The molecule has 138 valence electrons. The van der Waals surface area contributed by atoms with Crippen molar-refractivity contribution in [2.45, 2.75) is 12.2 Å². The van der Waals surface area contributed by atoms with Crippen LogP contribution in [0.15, 0.2) is 42.5 Å². The van der Waals surface area contributed by atoms with Crippen LogP contribution in [0.3, 0.4) is 0 Å². The number of fused-ring (bicyclic) bond motifs is 1. The zero-order valence-corrected chi connectivity index (χ0v) is 14.2. The first-order valence-electron chi connectivity index (χ1n) is 8.75. The molecule has 0 aromatic heterocycles. The van der Waals surface area contributed by atoms with Gasteiger partial charge in [0, 0.05) is 11.1 Å². The summed E-state index contributed by atoms with van der Waals surface area (Å²) in [6.07, 6.45) is -4.32. The molecule has 0 radical (unpaired) electrons. The molecular weight excluding hydrogens is 345 g/mol. The average Bonchev–Trinajstić information content (AvgIpc) is 3.10. The summed E-state index contributed by atoms with van der Waals surface area (Å²) in [6, 6.07) is 11.3. The van der Waals surface area contributed by atoms with E-state index in [0.29, 0.717) is 11.5 Å². The van der Waals surface area contributed by atoms with Gasteiger partial charge in [0.2, 0.25) is 6.79 Å². The molecule has 1 atom stereocenters. The standard InChI is InChI=1S/C19H19F3N2O2/c20-19(21,22)15-4-1-13(2-5-15)18(24-9-7-23-8-10-24)14-3-6-16-17(11-14)26-12-25-16/h1-6,11,18,23H,7-10,12H2/p+2/t18-/m1/s1. The monoisotopic (exact) mass is 366 g/mol. The van der Waals surface area contributed by atoms with Crippen molar-refractivity contribution in [3.05, 3.63) is 59.2 Å². The zero-order valence-electron chi connectivity index (χ0n) is 14.2. The Morgan fingerprint density at radius 3 is 2.23 bits per heavy atom. The van der Waals surface area contributed by atoms with E-state index in [4.69, 9.17) is 9.47 Å². The van der Waals surface area contributed by atoms with Crippen molar-refractivity contribution >= 4 is 0 Å². The number of piperazine rings is 1. The number of nitrogens with two attached hydrogens (primary N) is 1. The fourth-order valence-electron chi connectivity index (χ4n) is 3.75. The number of alkyl halides is 3. The largest absolute Gasteiger partial charge is 0.454 e. The Kier molecular flexibility index (Phi) is 4.50. The lowest BCUT2D eigenvalue weighted by atomic mass is 9.95. The predicted octanol–water partition coefficient (Wildman–Crippen LogP) is 0.985. The van der Waals surface area contributed by atoms with Gasteiger partial charge in [-0.25, -0.2) is 0 Å². The molecule has 2 aromatic carbocycles. The number of hydrogen-bond donors (Lipinski definition) is 2. The Balaban J connectivity index is 1.71. The molecule has 2 aliphatic heterocycles. The highest BCUT2D eigenvalue weighted by Gasteiger charge is 2.33. The number of ether oxygens (including phenoxy) is 2. The van der Waals surface area contributed by atoms with E-state index in [1.807, 2.05) is 18.2 Å². The molecule has 7 heteroatoms. The van der Waals surface area contributed by atoms with Gasteiger partial charge in [0.25, 0.3) is 0 Å². The van der Waals surface area contributed by atoms with Gasteiger partial charge in [-0.05, 0) is 30.3 Å². The van der Waals surface area contributed by atoms with Crippen LogP contribution < -0.4 is 19.7 Å². The second kappa shape index (κ2) is 6.81. The van der Waals surface area contributed by atoms with Crippen LogP contribution in [0.1, 0.15) is 22.7 Å². The lowest BCUT2D eigenvalue weighted by molar-refractivity contribution is -0.967. The highest BCUT2D eigenvalue weighted by Crippen LogP contribution is 2.35. The van der Waals surface area contributed by atoms with Crippen molar-refractivity contribution in [2.75, 3.05) is 33.0 Å². The average molecular weight is 366 g/mol. The number of hydrogen-bond acceptors (Lipinski definition) is 2. The van der Waals surface area contributed by atoms with Gasteiger partial charge >= 0.3 is 6.18 Å². The maximum atomic E-state index is 12.9. The van der Waals surface area contributed by atoms with E-state index >= 15 is 0 Å². The quantitative estimate of drug-likeness (QED) is 0.850. The molecule has 0 bridgehead atoms. The molecule has 2 aliphatic rings. The van der Waals surface area contributed by atoms with Crippen LogP contribution in [0.5, 0.6) is 11.5 Å². The number of rotatable bonds is 3. The van der Waals surface area contributed by atoms with Crippen LogP contribution in [0.4, 0.5) is 13.2 Å². The Hall–Kier alpha value is -2.25. The number of halogens is 3. The summed E-state index contributed by atoms with van der Waals surface area (Å²) >= 11 is 0. The topological polar surface area (TPSA) is 39.5 Å². The highest BCUT2D eigenvalue weighted by molar-refractivity contribution is 5.46. The van der Waals surface area contributed by atoms with Crippen molar-refractivity contribution < 1.29 is 32.9 Å². The molecule has 0 spiro atoms. The molecule has 0 amide bonds. The fourth-order valence-corrected chi connectivity index (χ4v) is 3.75. The van der Waals surface area contributed by atoms with Crippen LogP contribution in [0.25, 0.3) is 0 Å². The van der Waals surface area contributed by atoms with E-state index < -0.39 is 11.7 Å². The predicted molar refractivity (Wildman–Crippen MR) is 88.2 cm³/mol. The third-order valence-corrected chi connectivity index (χ3v) is 5.05. The molecule has 0 unspecified atom stereocenters. The first kappa shape index (κ1) is 17.2. The van der Waals surface area contributed by atoms with Gasteiger partial charge in [-0.2, -0.15) is 13.2 Å². The third-order valence-electron chi connectivity index (χ3n) is 5.05. The van der Waals surface area contributed by atoms with Gasteiger partial charge in [0.1, 0.15) is 32.2 Å². The molecule has 4 rings (SSSR count). The number of nitrogens with one attached hydrogen (secondary N) is 1. The maximum Gasteiger partial charge on any atom is 0.416 e. The second-order valence-corrected chi connectivity index (χ2v) is 6.69. The molecule has 4 nitrogen and oxygen atoms in total. The van der Waals surface area contributed by atoms with Crippen molar-refractivity contribution in [3.8, 4) is 11.5 Å². The van der Waals surface area contributed by atoms with Crippen molar-refractivity contribution in [1.29, 1.82) is 0 Å². The molecule has 1 saturated heterocycles. The minimum absolute atomic E-state index is 0.0273. The lowest BCUT2D eigenvalue weighted by Gasteiger charge is -2.31. The van der Waals surface area contributed by atoms with E-state index in [0.717, 1.165) is 37.3 Å². The van der Waals surface area contributed by atoms with Crippen molar-refractivity contribution in [2.24, 2.45) is 0 Å². The van der Waals surface area contributed by atoms with Gasteiger partial charge in [-0.15, -0.1) is 0 Å². The van der Waals surface area contributed by atoms with Crippen LogP contribution in [-0.4, -0.2) is 33.0 Å². The maximum absolute atomic E-state index is 12.9.